The Balaban J connectivity index is 2.78. The summed E-state index contributed by atoms with van der Waals surface area (Å²) in [5.74, 6) is 0. The van der Waals surface area contributed by atoms with Gasteiger partial charge in [-0.1, -0.05) is 24.3 Å². The second kappa shape index (κ2) is 2.53. The molecular weight excluding hydrogens is 110 g/mol. The van der Waals surface area contributed by atoms with Gasteiger partial charge >= 0.3 is 0 Å². The minimum absolute atomic E-state index is 0.815. The molecule has 1 nitrogen and oxygen atoms in total. The van der Waals surface area contributed by atoms with Gasteiger partial charge in [-0.25, -0.2) is 0 Å². The monoisotopic (exact) mass is 119 g/mol. The number of nitrogens with two attached hydrogens (primary N) is 1. The van der Waals surface area contributed by atoms with E-state index in [0.717, 1.165) is 11.3 Å². The van der Waals surface area contributed by atoms with Crippen molar-refractivity contribution in [3.05, 3.63) is 42.0 Å². The van der Waals surface area contributed by atoms with Crippen LogP contribution < -0.4 is 5.73 Å². The minimum atomic E-state index is 0.815. The van der Waals surface area contributed by atoms with Crippen LogP contribution in [-0.4, -0.2) is 0 Å². The van der Waals surface area contributed by atoms with Crippen molar-refractivity contribution in [3.63, 3.8) is 0 Å². The Morgan fingerprint density at radius 1 is 1.56 bits per heavy atom. The van der Waals surface area contributed by atoms with Gasteiger partial charge in [-0.15, -0.1) is 0 Å². The highest BCUT2D eigenvalue weighted by molar-refractivity contribution is 5.40. The van der Waals surface area contributed by atoms with Gasteiger partial charge in [0.15, 0.2) is 0 Å². The molecular formula is C8H9N. The standard InChI is InChI=1S/C8H9N/c1-7(9)8-5-3-2-4-6-8/h2-5H,9H2,1H3/b8-7-. The zero-order valence-electron chi connectivity index (χ0n) is 5.39. The first kappa shape index (κ1) is 6.14. The topological polar surface area (TPSA) is 26.0 Å². The molecule has 0 saturated carbocycles. The largest absolute Gasteiger partial charge is 0.402 e. The van der Waals surface area contributed by atoms with E-state index in [-0.39, 0.29) is 0 Å². The molecule has 46 valence electrons. The smallest absolute Gasteiger partial charge is 0.0441 e. The molecule has 0 bridgehead atoms. The lowest BCUT2D eigenvalue weighted by molar-refractivity contribution is 1.25. The molecule has 1 aliphatic rings. The Kier molecular flexibility index (Phi) is 1.73. The molecule has 2 N–H and O–H groups in total. The molecule has 0 unspecified atom stereocenters. The number of allylic oxidation sites excluding steroid dienone is 6. The Bertz CT molecular complexity index is 181. The first-order valence-electron chi connectivity index (χ1n) is 2.87. The van der Waals surface area contributed by atoms with Crippen molar-refractivity contribution in [2.24, 2.45) is 5.73 Å². The third kappa shape index (κ3) is 1.46. The maximum atomic E-state index is 5.50. The van der Waals surface area contributed by atoms with Gasteiger partial charge in [0.05, 0.1) is 0 Å². The lowest BCUT2D eigenvalue weighted by Crippen LogP contribution is -1.97. The fourth-order valence-electron chi connectivity index (χ4n) is 0.639. The van der Waals surface area contributed by atoms with E-state index in [4.69, 9.17) is 5.73 Å². The molecule has 0 spiro atoms. The van der Waals surface area contributed by atoms with Gasteiger partial charge in [0.2, 0.25) is 0 Å². The van der Waals surface area contributed by atoms with E-state index < -0.39 is 0 Å². The van der Waals surface area contributed by atoms with Gasteiger partial charge in [-0.2, -0.15) is 0 Å². The van der Waals surface area contributed by atoms with E-state index >= 15 is 0 Å². The van der Waals surface area contributed by atoms with Crippen molar-refractivity contribution in [2.45, 2.75) is 6.92 Å². The summed E-state index contributed by atoms with van der Waals surface area (Å²) in [4.78, 5) is 0. The van der Waals surface area contributed by atoms with E-state index in [1.165, 1.54) is 0 Å². The van der Waals surface area contributed by atoms with E-state index in [1.807, 2.05) is 31.2 Å². The Morgan fingerprint density at radius 2 is 2.33 bits per heavy atom. The lowest BCUT2D eigenvalue weighted by atomic mass is 10.1. The summed E-state index contributed by atoms with van der Waals surface area (Å²) >= 11 is 0. The van der Waals surface area contributed by atoms with Crippen LogP contribution in [0, 0.1) is 6.42 Å². The van der Waals surface area contributed by atoms with Crippen LogP contribution >= 0.6 is 0 Å². The van der Waals surface area contributed by atoms with Gasteiger partial charge in [0.25, 0.3) is 0 Å². The fraction of sp³-hybridized carbons (Fsp3) is 0.125. The highest BCUT2D eigenvalue weighted by Gasteiger charge is 1.95. The first-order valence-corrected chi connectivity index (χ1v) is 2.87. The van der Waals surface area contributed by atoms with E-state index in [0.29, 0.717) is 0 Å². The molecule has 0 aromatic carbocycles. The molecule has 1 aliphatic carbocycles. The number of hydrogen-bond acceptors (Lipinski definition) is 1. The van der Waals surface area contributed by atoms with Crippen molar-refractivity contribution in [3.8, 4) is 0 Å². The average Bonchev–Trinajstić information content (AvgIpc) is 1.90. The van der Waals surface area contributed by atoms with Crippen molar-refractivity contribution < 1.29 is 0 Å². The number of hydrogen-bond donors (Lipinski definition) is 1. The van der Waals surface area contributed by atoms with Crippen molar-refractivity contribution in [1.29, 1.82) is 0 Å². The van der Waals surface area contributed by atoms with Crippen LogP contribution in [0.5, 0.6) is 0 Å². The van der Waals surface area contributed by atoms with Crippen LogP contribution in [0.2, 0.25) is 0 Å². The third-order valence-corrected chi connectivity index (χ3v) is 1.13. The Morgan fingerprint density at radius 3 is 2.67 bits per heavy atom. The maximum absolute atomic E-state index is 5.50. The maximum Gasteiger partial charge on any atom is 0.0441 e. The molecule has 0 heterocycles. The van der Waals surface area contributed by atoms with Gasteiger partial charge < -0.3 is 5.73 Å². The SMILES string of the molecule is C/C(N)=C1/[C]C=CC=C1. The molecule has 0 fully saturated rings. The molecule has 0 amide bonds. The second-order valence-electron chi connectivity index (χ2n) is 1.96. The van der Waals surface area contributed by atoms with Crippen LogP contribution in [0.4, 0.5) is 0 Å². The summed E-state index contributed by atoms with van der Waals surface area (Å²) in [6.45, 7) is 1.87. The van der Waals surface area contributed by atoms with E-state index in [2.05, 4.69) is 6.42 Å². The molecule has 0 aromatic heterocycles. The highest BCUT2D eigenvalue weighted by atomic mass is 14.6. The molecule has 0 aromatic rings. The normalized spacial score (nSPS) is 22.3. The minimum Gasteiger partial charge on any atom is -0.402 e. The summed E-state index contributed by atoms with van der Waals surface area (Å²) < 4.78 is 0. The zero-order valence-corrected chi connectivity index (χ0v) is 5.39. The molecule has 0 saturated heterocycles. The first-order chi connectivity index (χ1) is 4.30. The van der Waals surface area contributed by atoms with Crippen molar-refractivity contribution in [2.75, 3.05) is 0 Å². The van der Waals surface area contributed by atoms with Gasteiger partial charge in [-0.3, -0.25) is 0 Å². The van der Waals surface area contributed by atoms with Crippen LogP contribution in [0.25, 0.3) is 0 Å². The van der Waals surface area contributed by atoms with Gasteiger partial charge in [0, 0.05) is 12.1 Å². The van der Waals surface area contributed by atoms with E-state index in [9.17, 15) is 0 Å². The van der Waals surface area contributed by atoms with E-state index in [1.54, 1.807) is 0 Å². The van der Waals surface area contributed by atoms with Crippen LogP contribution in [0.1, 0.15) is 6.92 Å². The summed E-state index contributed by atoms with van der Waals surface area (Å²) in [7, 11) is 0. The van der Waals surface area contributed by atoms with Crippen LogP contribution in [0.15, 0.2) is 35.6 Å². The third-order valence-electron chi connectivity index (χ3n) is 1.13. The number of rotatable bonds is 0. The molecule has 0 aliphatic heterocycles. The predicted molar refractivity (Wildman–Crippen MR) is 38.4 cm³/mol. The molecule has 0 atom stereocenters. The average molecular weight is 119 g/mol. The zero-order chi connectivity index (χ0) is 6.69. The van der Waals surface area contributed by atoms with Crippen molar-refractivity contribution in [1.82, 2.24) is 0 Å². The quantitative estimate of drug-likeness (QED) is 0.513. The highest BCUT2D eigenvalue weighted by Crippen LogP contribution is 2.10. The lowest BCUT2D eigenvalue weighted by Gasteiger charge is -2.01. The van der Waals surface area contributed by atoms with Crippen LogP contribution in [-0.2, 0) is 0 Å². The Labute approximate surface area is 55.6 Å². The van der Waals surface area contributed by atoms with Gasteiger partial charge in [0.1, 0.15) is 0 Å². The van der Waals surface area contributed by atoms with Gasteiger partial charge in [-0.05, 0) is 12.5 Å². The van der Waals surface area contributed by atoms with Crippen LogP contribution in [0.3, 0.4) is 0 Å². The summed E-state index contributed by atoms with van der Waals surface area (Å²) in [5.41, 5.74) is 7.30. The Hall–Kier alpha value is -0.980. The van der Waals surface area contributed by atoms with Crippen molar-refractivity contribution >= 4 is 0 Å². The molecule has 9 heavy (non-hydrogen) atoms. The fourth-order valence-corrected chi connectivity index (χ4v) is 0.639. The summed E-state index contributed by atoms with van der Waals surface area (Å²) in [5, 5.41) is 0. The molecule has 2 radical (unpaired) electrons. The summed E-state index contributed by atoms with van der Waals surface area (Å²) in [6.07, 6.45) is 10.7. The molecule has 1 heteroatoms. The predicted octanol–water partition coefficient (Wildman–Crippen LogP) is 1.43. The second-order valence-corrected chi connectivity index (χ2v) is 1.96. The molecule has 1 rings (SSSR count). The summed E-state index contributed by atoms with van der Waals surface area (Å²) in [6, 6.07) is 0.